The molecule has 0 amide bonds. The minimum atomic E-state index is -0.0304. The molecule has 1 aromatic carbocycles. The third kappa shape index (κ3) is 1.65. The van der Waals surface area contributed by atoms with Gasteiger partial charge >= 0.3 is 0 Å². The van der Waals surface area contributed by atoms with Crippen molar-refractivity contribution in [2.45, 2.75) is 5.33 Å². The normalized spacial score (nSPS) is 11.1. The molecule has 0 N–H and O–H groups in total. The molecule has 2 aromatic heterocycles. The van der Waals surface area contributed by atoms with Gasteiger partial charge in [0, 0.05) is 11.5 Å². The van der Waals surface area contributed by atoms with Crippen LogP contribution in [0.1, 0.15) is 5.56 Å². The lowest BCUT2D eigenvalue weighted by molar-refractivity contribution is 0.644. The highest BCUT2D eigenvalue weighted by atomic mass is 79.9. The van der Waals surface area contributed by atoms with Crippen LogP contribution >= 0.6 is 15.9 Å². The second kappa shape index (κ2) is 3.96. The average Bonchev–Trinajstić information content (AvgIpc) is 2.39. The summed E-state index contributed by atoms with van der Waals surface area (Å²) in [4.78, 5) is 16.3. The van der Waals surface area contributed by atoms with Crippen LogP contribution in [0.5, 0.6) is 0 Å². The highest BCUT2D eigenvalue weighted by molar-refractivity contribution is 9.08. The zero-order valence-electron chi connectivity index (χ0n) is 8.81. The molecule has 0 radical (unpaired) electrons. The zero-order valence-corrected chi connectivity index (χ0v) is 10.4. The van der Waals surface area contributed by atoms with Gasteiger partial charge in [0.2, 0.25) is 11.1 Å². The van der Waals surface area contributed by atoms with Gasteiger partial charge in [0.1, 0.15) is 5.58 Å². The van der Waals surface area contributed by atoms with Crippen LogP contribution in [-0.4, -0.2) is 4.98 Å². The first-order valence-electron chi connectivity index (χ1n) is 5.16. The highest BCUT2D eigenvalue weighted by Crippen LogP contribution is 2.18. The van der Waals surface area contributed by atoms with Gasteiger partial charge in [0.25, 0.3) is 0 Å². The van der Waals surface area contributed by atoms with Crippen molar-refractivity contribution in [2.75, 3.05) is 0 Å². The Labute approximate surface area is 105 Å². The van der Waals surface area contributed by atoms with E-state index in [4.69, 9.17) is 4.42 Å². The molecule has 0 unspecified atom stereocenters. The first-order chi connectivity index (χ1) is 8.29. The smallest absolute Gasteiger partial charge is 0.230 e. The standard InChI is InChI=1S/C13H8BrNO2/c14-7-8-3-4-11-10(6-8)12(16)9-2-1-5-15-13(9)17-11/h1-6H,7H2. The number of pyridine rings is 1. The third-order valence-corrected chi connectivity index (χ3v) is 3.31. The number of fused-ring (bicyclic) bond motifs is 2. The van der Waals surface area contributed by atoms with E-state index in [-0.39, 0.29) is 5.43 Å². The van der Waals surface area contributed by atoms with E-state index >= 15 is 0 Å². The first-order valence-corrected chi connectivity index (χ1v) is 6.28. The lowest BCUT2D eigenvalue weighted by Crippen LogP contribution is -2.03. The summed E-state index contributed by atoms with van der Waals surface area (Å²) in [6.07, 6.45) is 1.62. The Morgan fingerprint density at radius 2 is 2.12 bits per heavy atom. The lowest BCUT2D eigenvalue weighted by atomic mass is 10.1. The van der Waals surface area contributed by atoms with E-state index in [0.29, 0.717) is 27.4 Å². The van der Waals surface area contributed by atoms with Crippen molar-refractivity contribution in [3.63, 3.8) is 0 Å². The van der Waals surface area contributed by atoms with Crippen LogP contribution in [0.15, 0.2) is 45.7 Å². The van der Waals surface area contributed by atoms with Gasteiger partial charge in [-0.15, -0.1) is 0 Å². The molecule has 0 fully saturated rings. The summed E-state index contributed by atoms with van der Waals surface area (Å²) in [5.41, 5.74) is 1.98. The van der Waals surface area contributed by atoms with E-state index < -0.39 is 0 Å². The molecule has 2 heterocycles. The molecular weight excluding hydrogens is 282 g/mol. The number of nitrogens with zero attached hydrogens (tertiary/aromatic N) is 1. The van der Waals surface area contributed by atoms with Crippen LogP contribution < -0.4 is 5.43 Å². The van der Waals surface area contributed by atoms with Crippen LogP contribution in [0.2, 0.25) is 0 Å². The molecule has 0 spiro atoms. The number of halogens is 1. The zero-order chi connectivity index (χ0) is 11.8. The van der Waals surface area contributed by atoms with Crippen molar-refractivity contribution in [1.82, 2.24) is 4.98 Å². The number of alkyl halides is 1. The molecule has 0 saturated heterocycles. The Kier molecular flexibility index (Phi) is 2.44. The molecular formula is C13H8BrNO2. The molecule has 17 heavy (non-hydrogen) atoms. The van der Waals surface area contributed by atoms with Crippen molar-refractivity contribution in [3.8, 4) is 0 Å². The molecule has 3 rings (SSSR count). The van der Waals surface area contributed by atoms with Gasteiger partial charge in [-0.1, -0.05) is 22.0 Å². The molecule has 4 heteroatoms. The van der Waals surface area contributed by atoms with E-state index in [1.54, 1.807) is 24.4 Å². The Morgan fingerprint density at radius 3 is 2.94 bits per heavy atom. The number of hydrogen-bond acceptors (Lipinski definition) is 3. The fourth-order valence-electron chi connectivity index (χ4n) is 1.82. The monoisotopic (exact) mass is 289 g/mol. The molecule has 0 saturated carbocycles. The fraction of sp³-hybridized carbons (Fsp3) is 0.0769. The number of benzene rings is 1. The second-order valence-electron chi connectivity index (χ2n) is 3.75. The Morgan fingerprint density at radius 1 is 1.24 bits per heavy atom. The van der Waals surface area contributed by atoms with E-state index in [2.05, 4.69) is 20.9 Å². The Balaban J connectivity index is 2.51. The molecule has 0 aliphatic carbocycles. The average molecular weight is 290 g/mol. The van der Waals surface area contributed by atoms with Crippen molar-refractivity contribution in [2.24, 2.45) is 0 Å². The maximum Gasteiger partial charge on any atom is 0.230 e. The van der Waals surface area contributed by atoms with E-state index in [9.17, 15) is 4.79 Å². The van der Waals surface area contributed by atoms with Crippen LogP contribution in [0.4, 0.5) is 0 Å². The van der Waals surface area contributed by atoms with Gasteiger partial charge in [-0.3, -0.25) is 4.79 Å². The maximum absolute atomic E-state index is 12.2. The second-order valence-corrected chi connectivity index (χ2v) is 4.31. The summed E-state index contributed by atoms with van der Waals surface area (Å²) in [5.74, 6) is 0. The molecule has 84 valence electrons. The van der Waals surface area contributed by atoms with Crippen LogP contribution in [-0.2, 0) is 5.33 Å². The first kappa shape index (κ1) is 10.5. The lowest BCUT2D eigenvalue weighted by Gasteiger charge is -2.01. The van der Waals surface area contributed by atoms with E-state index in [1.807, 2.05) is 12.1 Å². The molecule has 3 aromatic rings. The Hall–Kier alpha value is -1.68. The van der Waals surface area contributed by atoms with Crippen molar-refractivity contribution in [3.05, 3.63) is 52.3 Å². The minimum Gasteiger partial charge on any atom is -0.437 e. The van der Waals surface area contributed by atoms with Crippen LogP contribution in [0.3, 0.4) is 0 Å². The Bertz CT molecular complexity index is 764. The SMILES string of the molecule is O=c1c2cc(CBr)ccc2oc2ncccc12. The van der Waals surface area contributed by atoms with Gasteiger partial charge in [-0.05, 0) is 29.8 Å². The third-order valence-electron chi connectivity index (χ3n) is 2.67. The summed E-state index contributed by atoms with van der Waals surface area (Å²) < 4.78 is 5.60. The highest BCUT2D eigenvalue weighted by Gasteiger charge is 2.08. The van der Waals surface area contributed by atoms with Crippen molar-refractivity contribution in [1.29, 1.82) is 0 Å². The van der Waals surface area contributed by atoms with Gasteiger partial charge in [-0.2, -0.15) is 0 Å². The molecule has 0 bridgehead atoms. The van der Waals surface area contributed by atoms with E-state index in [0.717, 1.165) is 5.56 Å². The number of hydrogen-bond donors (Lipinski definition) is 0. The van der Waals surface area contributed by atoms with Gasteiger partial charge in [0.15, 0.2) is 0 Å². The largest absolute Gasteiger partial charge is 0.437 e. The van der Waals surface area contributed by atoms with Crippen LogP contribution in [0, 0.1) is 0 Å². The maximum atomic E-state index is 12.2. The predicted molar refractivity (Wildman–Crippen MR) is 70.4 cm³/mol. The topological polar surface area (TPSA) is 43.1 Å². The molecule has 3 nitrogen and oxygen atoms in total. The van der Waals surface area contributed by atoms with Gasteiger partial charge < -0.3 is 4.42 Å². The molecule has 0 atom stereocenters. The van der Waals surface area contributed by atoms with Crippen molar-refractivity contribution >= 4 is 38.0 Å². The summed E-state index contributed by atoms with van der Waals surface area (Å²) in [6, 6.07) is 9.05. The summed E-state index contributed by atoms with van der Waals surface area (Å²) >= 11 is 3.37. The number of aromatic nitrogens is 1. The van der Waals surface area contributed by atoms with Gasteiger partial charge in [0.05, 0.1) is 10.8 Å². The van der Waals surface area contributed by atoms with Crippen molar-refractivity contribution < 1.29 is 4.42 Å². The van der Waals surface area contributed by atoms with Gasteiger partial charge in [-0.25, -0.2) is 4.98 Å². The minimum absolute atomic E-state index is 0.0304. The summed E-state index contributed by atoms with van der Waals surface area (Å²) in [5, 5.41) is 1.84. The summed E-state index contributed by atoms with van der Waals surface area (Å²) in [7, 11) is 0. The summed E-state index contributed by atoms with van der Waals surface area (Å²) in [6.45, 7) is 0. The van der Waals surface area contributed by atoms with E-state index in [1.165, 1.54) is 0 Å². The number of rotatable bonds is 1. The quantitative estimate of drug-likeness (QED) is 0.510. The predicted octanol–water partition coefficient (Wildman–Crippen LogP) is 3.24. The fourth-order valence-corrected chi connectivity index (χ4v) is 2.17. The molecule has 0 aliphatic rings. The van der Waals surface area contributed by atoms with Crippen LogP contribution in [0.25, 0.3) is 22.1 Å². The molecule has 0 aliphatic heterocycles.